The fraction of sp³-hybridized carbons (Fsp3) is 0.917. The summed E-state index contributed by atoms with van der Waals surface area (Å²) < 4.78 is 5.89. The highest BCUT2D eigenvalue weighted by Gasteiger charge is 2.45. The average molecular weight is 212 g/mol. The van der Waals surface area contributed by atoms with E-state index in [1.54, 1.807) is 0 Å². The summed E-state index contributed by atoms with van der Waals surface area (Å²) in [5.74, 6) is 0.287. The molecule has 0 aromatic heterocycles. The first-order valence-electron chi connectivity index (χ1n) is 5.91. The van der Waals surface area contributed by atoms with Gasteiger partial charge in [0.1, 0.15) is 5.78 Å². The van der Waals surface area contributed by atoms with Gasteiger partial charge in [0.15, 0.2) is 0 Å². The summed E-state index contributed by atoms with van der Waals surface area (Å²) in [5.41, 5.74) is -0.413. The zero-order valence-electron chi connectivity index (χ0n) is 9.53. The zero-order valence-corrected chi connectivity index (χ0v) is 9.53. The Kier molecular flexibility index (Phi) is 2.86. The van der Waals surface area contributed by atoms with Crippen LogP contribution in [0, 0.1) is 5.92 Å². The Balaban J connectivity index is 2.19. The van der Waals surface area contributed by atoms with Gasteiger partial charge in [-0.2, -0.15) is 0 Å². The number of carbonyl (C=O) groups is 1. The van der Waals surface area contributed by atoms with Crippen molar-refractivity contribution in [3.05, 3.63) is 0 Å². The van der Waals surface area contributed by atoms with Crippen molar-refractivity contribution in [1.82, 2.24) is 0 Å². The Morgan fingerprint density at radius 3 is 2.93 bits per heavy atom. The van der Waals surface area contributed by atoms with E-state index in [0.29, 0.717) is 18.6 Å². The van der Waals surface area contributed by atoms with Crippen LogP contribution in [0.4, 0.5) is 0 Å². The number of fused-ring (bicyclic) bond motifs is 2. The lowest BCUT2D eigenvalue weighted by Crippen LogP contribution is -2.39. The second kappa shape index (κ2) is 3.87. The summed E-state index contributed by atoms with van der Waals surface area (Å²) in [4.78, 5) is 11.8. The number of aliphatic hydroxyl groups is 1. The lowest BCUT2D eigenvalue weighted by Gasteiger charge is -2.30. The molecule has 1 N–H and O–H groups in total. The molecule has 0 radical (unpaired) electrons. The predicted molar refractivity (Wildman–Crippen MR) is 56.5 cm³/mol. The van der Waals surface area contributed by atoms with Gasteiger partial charge >= 0.3 is 0 Å². The Bertz CT molecular complexity index is 264. The Hall–Kier alpha value is -0.410. The summed E-state index contributed by atoms with van der Waals surface area (Å²) in [5, 5.41) is 10.0. The third-order valence-corrected chi connectivity index (χ3v) is 4.02. The van der Waals surface area contributed by atoms with Gasteiger partial charge in [-0.05, 0) is 32.6 Å². The highest BCUT2D eigenvalue weighted by molar-refractivity contribution is 5.81. The fourth-order valence-electron chi connectivity index (χ4n) is 2.70. The molecular weight excluding hydrogens is 192 g/mol. The lowest BCUT2D eigenvalue weighted by molar-refractivity contribution is -0.134. The van der Waals surface area contributed by atoms with Crippen molar-refractivity contribution in [3.8, 4) is 0 Å². The van der Waals surface area contributed by atoms with Crippen molar-refractivity contribution < 1.29 is 14.6 Å². The number of hydrogen-bond acceptors (Lipinski definition) is 3. The van der Waals surface area contributed by atoms with E-state index in [0.717, 1.165) is 19.3 Å². The lowest BCUT2D eigenvalue weighted by atomic mass is 9.87. The molecule has 3 heteroatoms. The Labute approximate surface area is 90.8 Å². The Morgan fingerprint density at radius 1 is 1.47 bits per heavy atom. The van der Waals surface area contributed by atoms with Crippen LogP contribution in [0.5, 0.6) is 0 Å². The molecule has 0 aromatic carbocycles. The van der Waals surface area contributed by atoms with Crippen molar-refractivity contribution in [2.45, 2.75) is 63.8 Å². The van der Waals surface area contributed by atoms with E-state index in [2.05, 4.69) is 0 Å². The van der Waals surface area contributed by atoms with Crippen molar-refractivity contribution in [2.75, 3.05) is 0 Å². The van der Waals surface area contributed by atoms with Crippen LogP contribution in [-0.2, 0) is 9.53 Å². The molecule has 0 amide bonds. The SMILES string of the molecule is C[C@@H]1C(=O)CCC[C@@H](O)[C@]2(C)CC[C@H]1O2. The molecule has 2 aliphatic rings. The monoisotopic (exact) mass is 212 g/mol. The van der Waals surface area contributed by atoms with Gasteiger partial charge in [0.2, 0.25) is 0 Å². The maximum atomic E-state index is 11.8. The van der Waals surface area contributed by atoms with E-state index in [9.17, 15) is 9.90 Å². The van der Waals surface area contributed by atoms with Gasteiger partial charge in [0, 0.05) is 12.3 Å². The average Bonchev–Trinajstić information content (AvgIpc) is 2.60. The molecule has 0 aromatic rings. The van der Waals surface area contributed by atoms with E-state index in [-0.39, 0.29) is 12.0 Å². The van der Waals surface area contributed by atoms with Crippen molar-refractivity contribution in [3.63, 3.8) is 0 Å². The van der Waals surface area contributed by atoms with E-state index >= 15 is 0 Å². The van der Waals surface area contributed by atoms with Crippen LogP contribution in [0.3, 0.4) is 0 Å². The molecule has 2 aliphatic heterocycles. The minimum absolute atomic E-state index is 0.00266. The summed E-state index contributed by atoms with van der Waals surface area (Å²) in [6, 6.07) is 0. The predicted octanol–water partition coefficient (Wildman–Crippen LogP) is 1.67. The number of ether oxygens (including phenoxy) is 1. The molecule has 2 bridgehead atoms. The van der Waals surface area contributed by atoms with Crippen molar-refractivity contribution in [2.24, 2.45) is 5.92 Å². The number of Topliss-reactive ketones (excluding diaryl/α,β-unsaturated/α-hetero) is 1. The van der Waals surface area contributed by atoms with Crippen molar-refractivity contribution in [1.29, 1.82) is 0 Å². The van der Waals surface area contributed by atoms with Gasteiger partial charge in [-0.25, -0.2) is 0 Å². The van der Waals surface area contributed by atoms with Crippen LogP contribution >= 0.6 is 0 Å². The number of ketones is 1. The molecule has 2 heterocycles. The normalized spacial score (nSPS) is 47.1. The first-order chi connectivity index (χ1) is 7.03. The van der Waals surface area contributed by atoms with E-state index < -0.39 is 11.7 Å². The van der Waals surface area contributed by atoms with Gasteiger partial charge < -0.3 is 9.84 Å². The first kappa shape index (κ1) is 11.1. The second-order valence-electron chi connectivity index (χ2n) is 5.17. The second-order valence-corrected chi connectivity index (χ2v) is 5.17. The number of rotatable bonds is 0. The fourth-order valence-corrected chi connectivity index (χ4v) is 2.70. The maximum Gasteiger partial charge on any atom is 0.138 e. The minimum Gasteiger partial charge on any atom is -0.390 e. The molecule has 2 saturated heterocycles. The van der Waals surface area contributed by atoms with E-state index in [1.165, 1.54) is 0 Å². The molecule has 0 spiro atoms. The van der Waals surface area contributed by atoms with E-state index in [1.807, 2.05) is 13.8 Å². The highest BCUT2D eigenvalue weighted by Crippen LogP contribution is 2.39. The van der Waals surface area contributed by atoms with Gasteiger partial charge in [-0.3, -0.25) is 4.79 Å². The third kappa shape index (κ3) is 1.95. The Morgan fingerprint density at radius 2 is 2.20 bits per heavy atom. The molecule has 0 aliphatic carbocycles. The number of aliphatic hydroxyl groups excluding tert-OH is 1. The quantitative estimate of drug-likeness (QED) is 0.664. The standard InChI is InChI=1S/C12H20O3/c1-8-9(13)4-3-5-11(14)12(2)7-6-10(8)15-12/h8,10-11,14H,3-7H2,1-2H3/t8-,10-,11-,12+/m1/s1. The highest BCUT2D eigenvalue weighted by atomic mass is 16.5. The molecule has 2 rings (SSSR count). The maximum absolute atomic E-state index is 11.8. The van der Waals surface area contributed by atoms with Gasteiger partial charge in [-0.15, -0.1) is 0 Å². The van der Waals surface area contributed by atoms with E-state index in [4.69, 9.17) is 4.74 Å². The molecule has 4 atom stereocenters. The molecule has 3 nitrogen and oxygen atoms in total. The summed E-state index contributed by atoms with van der Waals surface area (Å²) >= 11 is 0. The largest absolute Gasteiger partial charge is 0.390 e. The zero-order chi connectivity index (χ0) is 11.1. The van der Waals surface area contributed by atoms with Gasteiger partial charge in [0.25, 0.3) is 0 Å². The molecule has 2 fully saturated rings. The van der Waals surface area contributed by atoms with Gasteiger partial charge in [-0.1, -0.05) is 6.92 Å². The first-order valence-corrected chi connectivity index (χ1v) is 5.91. The molecule has 15 heavy (non-hydrogen) atoms. The summed E-state index contributed by atoms with van der Waals surface area (Å²) in [6.07, 6.45) is 3.44. The molecule has 86 valence electrons. The smallest absolute Gasteiger partial charge is 0.138 e. The third-order valence-electron chi connectivity index (χ3n) is 4.02. The van der Waals surface area contributed by atoms with Crippen LogP contribution in [0.2, 0.25) is 0 Å². The summed E-state index contributed by atoms with van der Waals surface area (Å²) in [7, 11) is 0. The van der Waals surface area contributed by atoms with Crippen LogP contribution in [0.1, 0.15) is 46.0 Å². The number of hydrogen-bond donors (Lipinski definition) is 1. The van der Waals surface area contributed by atoms with Crippen LogP contribution < -0.4 is 0 Å². The van der Waals surface area contributed by atoms with Gasteiger partial charge in [0.05, 0.1) is 17.8 Å². The molecular formula is C12H20O3. The van der Waals surface area contributed by atoms with Crippen LogP contribution in [-0.4, -0.2) is 28.7 Å². The molecule has 0 unspecified atom stereocenters. The van der Waals surface area contributed by atoms with Crippen LogP contribution in [0.25, 0.3) is 0 Å². The molecule has 0 saturated carbocycles. The summed E-state index contributed by atoms with van der Waals surface area (Å²) in [6.45, 7) is 3.93. The number of carbonyl (C=O) groups excluding carboxylic acids is 1. The van der Waals surface area contributed by atoms with Crippen molar-refractivity contribution >= 4 is 5.78 Å². The topological polar surface area (TPSA) is 46.5 Å². The minimum atomic E-state index is -0.416. The van der Waals surface area contributed by atoms with Crippen LogP contribution in [0.15, 0.2) is 0 Å².